The lowest BCUT2D eigenvalue weighted by molar-refractivity contribution is -0.107. The Morgan fingerprint density at radius 1 is 1.09 bits per heavy atom. The number of anilines is 1. The number of para-hydroxylation sites is 1. The quantitative estimate of drug-likeness (QED) is 0.606. The average molecular weight is 298 g/mol. The average Bonchev–Trinajstić information content (AvgIpc) is 2.93. The molecule has 0 saturated carbocycles. The third-order valence-corrected chi connectivity index (χ3v) is 3.53. The Balaban J connectivity index is 1.83. The van der Waals surface area contributed by atoms with E-state index in [4.69, 9.17) is 0 Å². The predicted molar refractivity (Wildman–Crippen MR) is 83.1 cm³/mol. The summed E-state index contributed by atoms with van der Waals surface area (Å²) in [5.41, 5.74) is 1.01. The van der Waals surface area contributed by atoms with E-state index in [1.807, 2.05) is 30.5 Å². The van der Waals surface area contributed by atoms with Gasteiger partial charge in [0.25, 0.3) is 5.56 Å². The Morgan fingerprint density at radius 3 is 2.68 bits per heavy atom. The van der Waals surface area contributed by atoms with Crippen LogP contribution in [0.2, 0.25) is 0 Å². The van der Waals surface area contributed by atoms with Crippen molar-refractivity contribution in [2.45, 2.75) is 6.42 Å². The van der Waals surface area contributed by atoms with Crippen LogP contribution in [0.4, 0.5) is 5.69 Å². The minimum atomic E-state index is -0.601. The molecule has 22 heavy (non-hydrogen) atoms. The van der Waals surface area contributed by atoms with Crippen LogP contribution in [-0.4, -0.2) is 27.9 Å². The van der Waals surface area contributed by atoms with Gasteiger partial charge in [-0.05, 0) is 18.1 Å². The van der Waals surface area contributed by atoms with Crippen molar-refractivity contribution in [1.82, 2.24) is 15.0 Å². The molecule has 0 atom stereocenters. The molecular formula is C15H14N4O3. The molecule has 0 aliphatic rings. The first-order valence-corrected chi connectivity index (χ1v) is 6.78. The molecule has 7 nitrogen and oxygen atoms in total. The number of aromatic amines is 3. The fourth-order valence-electron chi connectivity index (χ4n) is 2.43. The van der Waals surface area contributed by atoms with E-state index in [0.29, 0.717) is 19.4 Å². The monoisotopic (exact) mass is 298 g/mol. The van der Waals surface area contributed by atoms with Crippen LogP contribution in [0.3, 0.4) is 0 Å². The highest BCUT2D eigenvalue weighted by Gasteiger charge is 2.11. The molecule has 1 aromatic carbocycles. The smallest absolute Gasteiger partial charge is 0.325 e. The number of carbonyl (C=O) groups excluding carboxylic acids is 1. The summed E-state index contributed by atoms with van der Waals surface area (Å²) >= 11 is 0. The highest BCUT2D eigenvalue weighted by Crippen LogP contribution is 2.18. The molecule has 2 aromatic heterocycles. The lowest BCUT2D eigenvalue weighted by Crippen LogP contribution is -2.33. The van der Waals surface area contributed by atoms with E-state index >= 15 is 0 Å². The summed E-state index contributed by atoms with van der Waals surface area (Å²) in [5.74, 6) is 0. The molecule has 2 heterocycles. The molecule has 0 saturated heterocycles. The van der Waals surface area contributed by atoms with Crippen LogP contribution in [0.15, 0.2) is 46.2 Å². The van der Waals surface area contributed by atoms with Crippen LogP contribution in [-0.2, 0) is 11.2 Å². The van der Waals surface area contributed by atoms with E-state index < -0.39 is 11.2 Å². The van der Waals surface area contributed by atoms with Crippen molar-refractivity contribution in [3.05, 3.63) is 63.1 Å². The van der Waals surface area contributed by atoms with Gasteiger partial charge in [-0.1, -0.05) is 18.2 Å². The standard InChI is InChI=1S/C15H14N4O3/c20-9-19(13-8-17-15(22)18-14(13)21)6-5-10-7-16-12-4-2-1-3-11(10)12/h1-4,7-9,16H,5-6H2,(H2,17,18,21,22). The zero-order valence-electron chi connectivity index (χ0n) is 11.6. The van der Waals surface area contributed by atoms with Crippen molar-refractivity contribution < 1.29 is 4.79 Å². The number of nitrogens with one attached hydrogen (secondary N) is 3. The summed E-state index contributed by atoms with van der Waals surface area (Å²) in [4.78, 5) is 42.9. The summed E-state index contributed by atoms with van der Waals surface area (Å²) in [5, 5.41) is 1.09. The Hall–Kier alpha value is -3.09. The zero-order chi connectivity index (χ0) is 15.5. The second-order valence-corrected chi connectivity index (χ2v) is 4.87. The van der Waals surface area contributed by atoms with Gasteiger partial charge in [-0.25, -0.2) is 4.79 Å². The van der Waals surface area contributed by atoms with E-state index in [1.54, 1.807) is 0 Å². The highest BCUT2D eigenvalue weighted by molar-refractivity contribution is 5.83. The zero-order valence-corrected chi connectivity index (χ0v) is 11.6. The van der Waals surface area contributed by atoms with Crippen LogP contribution in [0.5, 0.6) is 0 Å². The van der Waals surface area contributed by atoms with Gasteiger partial charge < -0.3 is 14.9 Å². The number of H-pyrrole nitrogens is 3. The van der Waals surface area contributed by atoms with Crippen molar-refractivity contribution in [3.63, 3.8) is 0 Å². The third kappa shape index (κ3) is 2.56. The Morgan fingerprint density at radius 2 is 1.91 bits per heavy atom. The van der Waals surface area contributed by atoms with E-state index in [-0.39, 0.29) is 5.69 Å². The molecule has 0 bridgehead atoms. The molecule has 0 spiro atoms. The molecule has 0 unspecified atom stereocenters. The Bertz CT molecular complexity index is 922. The summed E-state index contributed by atoms with van der Waals surface area (Å²) in [6.45, 7) is 0.334. The molecule has 0 fully saturated rings. The number of nitrogens with zero attached hydrogens (tertiary/aromatic N) is 1. The van der Waals surface area contributed by atoms with E-state index in [1.165, 1.54) is 11.1 Å². The maximum Gasteiger partial charge on any atom is 0.325 e. The van der Waals surface area contributed by atoms with Gasteiger partial charge in [0.05, 0.1) is 0 Å². The van der Waals surface area contributed by atoms with Gasteiger partial charge in [0.15, 0.2) is 0 Å². The van der Waals surface area contributed by atoms with Crippen molar-refractivity contribution in [1.29, 1.82) is 0 Å². The number of rotatable bonds is 5. The Kier molecular flexibility index (Phi) is 3.61. The second kappa shape index (κ2) is 5.72. The van der Waals surface area contributed by atoms with E-state index in [9.17, 15) is 14.4 Å². The van der Waals surface area contributed by atoms with Crippen molar-refractivity contribution >= 4 is 23.0 Å². The van der Waals surface area contributed by atoms with Crippen LogP contribution in [0.1, 0.15) is 5.56 Å². The molecule has 112 valence electrons. The lowest BCUT2D eigenvalue weighted by atomic mass is 10.1. The van der Waals surface area contributed by atoms with Crippen LogP contribution >= 0.6 is 0 Å². The Labute approximate surface area is 124 Å². The van der Waals surface area contributed by atoms with Crippen molar-refractivity contribution in [2.24, 2.45) is 0 Å². The second-order valence-electron chi connectivity index (χ2n) is 4.87. The summed E-state index contributed by atoms with van der Waals surface area (Å²) in [6.07, 6.45) is 4.30. The normalized spacial score (nSPS) is 10.7. The molecule has 3 aromatic rings. The van der Waals surface area contributed by atoms with Gasteiger partial charge >= 0.3 is 5.69 Å². The molecule has 0 radical (unpaired) electrons. The molecule has 0 aliphatic heterocycles. The van der Waals surface area contributed by atoms with Gasteiger partial charge in [0.1, 0.15) is 5.69 Å². The van der Waals surface area contributed by atoms with Crippen molar-refractivity contribution in [3.8, 4) is 0 Å². The van der Waals surface area contributed by atoms with E-state index in [2.05, 4.69) is 15.0 Å². The van der Waals surface area contributed by atoms with Gasteiger partial charge in [-0.2, -0.15) is 0 Å². The number of fused-ring (bicyclic) bond motifs is 1. The predicted octanol–water partition coefficient (Wildman–Crippen LogP) is 0.750. The maximum absolute atomic E-state index is 11.7. The summed E-state index contributed by atoms with van der Waals surface area (Å²) < 4.78 is 0. The highest BCUT2D eigenvalue weighted by atomic mass is 16.2. The number of hydrogen-bond donors (Lipinski definition) is 3. The lowest BCUT2D eigenvalue weighted by Gasteiger charge is -2.15. The minimum Gasteiger partial charge on any atom is -0.361 e. The number of aromatic nitrogens is 3. The van der Waals surface area contributed by atoms with E-state index in [0.717, 1.165) is 16.5 Å². The summed E-state index contributed by atoms with van der Waals surface area (Å²) in [6, 6.07) is 7.87. The maximum atomic E-state index is 11.7. The third-order valence-electron chi connectivity index (χ3n) is 3.53. The molecule has 7 heteroatoms. The molecule has 3 rings (SSSR count). The number of carbonyl (C=O) groups is 1. The minimum absolute atomic E-state index is 0.120. The first-order valence-electron chi connectivity index (χ1n) is 6.78. The van der Waals surface area contributed by atoms with Gasteiger partial charge in [-0.15, -0.1) is 0 Å². The topological polar surface area (TPSA) is 102 Å². The molecule has 0 aliphatic carbocycles. The first-order chi connectivity index (χ1) is 10.7. The molecule has 3 N–H and O–H groups in total. The van der Waals surface area contributed by atoms with Gasteiger partial charge in [0.2, 0.25) is 6.41 Å². The fraction of sp³-hybridized carbons (Fsp3) is 0.133. The van der Waals surface area contributed by atoms with Crippen molar-refractivity contribution in [2.75, 3.05) is 11.4 Å². The first kappa shape index (κ1) is 13.9. The van der Waals surface area contributed by atoms with Gasteiger partial charge in [-0.3, -0.25) is 14.6 Å². The summed E-state index contributed by atoms with van der Waals surface area (Å²) in [7, 11) is 0. The number of amides is 1. The van der Waals surface area contributed by atoms with Crippen LogP contribution in [0, 0.1) is 0 Å². The molecular weight excluding hydrogens is 284 g/mol. The fourth-order valence-corrected chi connectivity index (χ4v) is 2.43. The SMILES string of the molecule is O=CN(CCc1c[nH]c2ccccc12)c1c[nH]c(=O)[nH]c1=O. The number of hydrogen-bond acceptors (Lipinski definition) is 3. The molecule has 1 amide bonds. The number of benzene rings is 1. The van der Waals surface area contributed by atoms with Crippen LogP contribution < -0.4 is 16.1 Å². The largest absolute Gasteiger partial charge is 0.361 e. The van der Waals surface area contributed by atoms with Gasteiger partial charge in [0, 0.05) is 29.8 Å². The van der Waals surface area contributed by atoms with Crippen LogP contribution in [0.25, 0.3) is 10.9 Å².